The van der Waals surface area contributed by atoms with Crippen LogP contribution in [0, 0.1) is 13.8 Å². The lowest BCUT2D eigenvalue weighted by Crippen LogP contribution is -2.25. The van der Waals surface area contributed by atoms with Crippen LogP contribution >= 0.6 is 0 Å². The first-order valence-electron chi connectivity index (χ1n) is 4.31. The van der Waals surface area contributed by atoms with Crippen LogP contribution in [0.4, 0.5) is 0 Å². The van der Waals surface area contributed by atoms with E-state index in [0.717, 1.165) is 5.69 Å². The summed E-state index contributed by atoms with van der Waals surface area (Å²) in [4.78, 5) is 18.4. The van der Waals surface area contributed by atoms with Gasteiger partial charge in [0.25, 0.3) is 5.56 Å². The van der Waals surface area contributed by atoms with Crippen LogP contribution in [-0.4, -0.2) is 17.0 Å². The molecule has 0 amide bonds. The van der Waals surface area contributed by atoms with Gasteiger partial charge in [0.15, 0.2) is 0 Å². The van der Waals surface area contributed by atoms with Crippen LogP contribution in [0.3, 0.4) is 0 Å². The van der Waals surface area contributed by atoms with Gasteiger partial charge in [0, 0.05) is 11.7 Å². The van der Waals surface area contributed by atoms with Crippen molar-refractivity contribution >= 4 is 0 Å². The Kier molecular flexibility index (Phi) is 2.83. The molecule has 1 rings (SSSR count). The predicted octanol–water partition coefficient (Wildman–Crippen LogP) is 0.667. The van der Waals surface area contributed by atoms with Crippen LogP contribution in [0.15, 0.2) is 4.79 Å². The summed E-state index contributed by atoms with van der Waals surface area (Å²) >= 11 is 0. The van der Waals surface area contributed by atoms with Gasteiger partial charge >= 0.3 is 0 Å². The molecule has 1 unspecified atom stereocenters. The average molecular weight is 181 g/mol. The molecule has 1 heterocycles. The van der Waals surface area contributed by atoms with Gasteiger partial charge in [0.2, 0.25) is 0 Å². The molecule has 1 aromatic heterocycles. The molecule has 0 fully saturated rings. The highest BCUT2D eigenvalue weighted by atomic mass is 16.1. The second-order valence-corrected chi connectivity index (χ2v) is 3.16. The third-order valence-electron chi connectivity index (χ3n) is 2.13. The number of hydrogen-bond acceptors (Lipinski definition) is 3. The lowest BCUT2D eigenvalue weighted by Gasteiger charge is -2.11. The highest BCUT2D eigenvalue weighted by Crippen LogP contribution is 2.09. The molecule has 0 saturated carbocycles. The average Bonchev–Trinajstić information content (AvgIpc) is 2.02. The molecule has 0 aliphatic rings. The van der Waals surface area contributed by atoms with Gasteiger partial charge in [-0.25, -0.2) is 4.98 Å². The van der Waals surface area contributed by atoms with Crippen molar-refractivity contribution < 1.29 is 0 Å². The third kappa shape index (κ3) is 1.95. The van der Waals surface area contributed by atoms with Crippen LogP contribution in [0.1, 0.15) is 30.0 Å². The second-order valence-electron chi connectivity index (χ2n) is 3.16. The molecule has 1 aromatic rings. The van der Waals surface area contributed by atoms with Gasteiger partial charge < -0.3 is 10.3 Å². The standard InChI is InChI=1S/C9H15N3O/c1-5(10-4)8-6(2)11-7(3)12-9(8)13/h5,10H,1-4H3,(H,11,12,13). The molecule has 4 heteroatoms. The Bertz CT molecular complexity index is 356. The molecule has 13 heavy (non-hydrogen) atoms. The van der Waals surface area contributed by atoms with Crippen LogP contribution in [0.5, 0.6) is 0 Å². The summed E-state index contributed by atoms with van der Waals surface area (Å²) in [6, 6.07) is 0.0387. The number of aromatic amines is 1. The lowest BCUT2D eigenvalue weighted by molar-refractivity contribution is 0.632. The van der Waals surface area contributed by atoms with Gasteiger partial charge in [-0.3, -0.25) is 4.79 Å². The fourth-order valence-corrected chi connectivity index (χ4v) is 1.39. The summed E-state index contributed by atoms with van der Waals surface area (Å²) in [7, 11) is 1.82. The molecule has 0 aliphatic carbocycles. The fraction of sp³-hybridized carbons (Fsp3) is 0.556. The van der Waals surface area contributed by atoms with Crippen LogP contribution in [0.2, 0.25) is 0 Å². The van der Waals surface area contributed by atoms with Crippen LogP contribution < -0.4 is 10.9 Å². The SMILES string of the molecule is CNC(C)c1c(C)nc(C)[nH]c1=O. The van der Waals surface area contributed by atoms with E-state index < -0.39 is 0 Å². The van der Waals surface area contributed by atoms with Crippen molar-refractivity contribution in [1.82, 2.24) is 15.3 Å². The van der Waals surface area contributed by atoms with E-state index in [2.05, 4.69) is 15.3 Å². The largest absolute Gasteiger partial charge is 0.313 e. The number of aromatic nitrogens is 2. The molecular formula is C9H15N3O. The highest BCUT2D eigenvalue weighted by Gasteiger charge is 2.11. The highest BCUT2D eigenvalue weighted by molar-refractivity contribution is 5.19. The first-order valence-corrected chi connectivity index (χ1v) is 4.31. The molecule has 0 bridgehead atoms. The van der Waals surface area contributed by atoms with Crippen molar-refractivity contribution in [3.8, 4) is 0 Å². The van der Waals surface area contributed by atoms with E-state index in [1.54, 1.807) is 6.92 Å². The molecule has 0 saturated heterocycles. The molecule has 2 N–H and O–H groups in total. The molecule has 0 aliphatic heterocycles. The number of nitrogens with zero attached hydrogens (tertiary/aromatic N) is 1. The van der Waals surface area contributed by atoms with Gasteiger partial charge in [0.1, 0.15) is 5.82 Å². The van der Waals surface area contributed by atoms with Crippen molar-refractivity contribution in [1.29, 1.82) is 0 Å². The van der Waals surface area contributed by atoms with Crippen molar-refractivity contribution in [3.63, 3.8) is 0 Å². The monoisotopic (exact) mass is 181 g/mol. The summed E-state index contributed by atoms with van der Waals surface area (Å²) in [6.07, 6.45) is 0. The van der Waals surface area contributed by atoms with E-state index in [9.17, 15) is 4.79 Å². The maximum atomic E-state index is 11.5. The summed E-state index contributed by atoms with van der Waals surface area (Å²) in [5.74, 6) is 0.662. The smallest absolute Gasteiger partial charge is 0.255 e. The Morgan fingerprint density at radius 2 is 2.08 bits per heavy atom. The van der Waals surface area contributed by atoms with Crippen molar-refractivity contribution in [3.05, 3.63) is 27.4 Å². The van der Waals surface area contributed by atoms with Gasteiger partial charge in [-0.15, -0.1) is 0 Å². The predicted molar refractivity (Wildman–Crippen MR) is 51.8 cm³/mol. The van der Waals surface area contributed by atoms with Crippen LogP contribution in [-0.2, 0) is 0 Å². The maximum Gasteiger partial charge on any atom is 0.255 e. The first kappa shape index (κ1) is 9.92. The Morgan fingerprint density at radius 1 is 1.46 bits per heavy atom. The van der Waals surface area contributed by atoms with Gasteiger partial charge in [0.05, 0.1) is 5.56 Å². The first-order chi connectivity index (χ1) is 6.06. The summed E-state index contributed by atoms with van der Waals surface area (Å²) in [5.41, 5.74) is 1.46. The zero-order chi connectivity index (χ0) is 10.0. The van der Waals surface area contributed by atoms with E-state index >= 15 is 0 Å². The molecule has 72 valence electrons. The number of rotatable bonds is 2. The summed E-state index contributed by atoms with van der Waals surface area (Å²) in [6.45, 7) is 5.57. The Hall–Kier alpha value is -1.16. The van der Waals surface area contributed by atoms with Crippen molar-refractivity contribution in [2.24, 2.45) is 0 Å². The summed E-state index contributed by atoms with van der Waals surface area (Å²) in [5, 5.41) is 3.02. The van der Waals surface area contributed by atoms with Gasteiger partial charge in [-0.05, 0) is 27.8 Å². The second kappa shape index (κ2) is 3.70. The number of hydrogen-bond donors (Lipinski definition) is 2. The van der Waals surface area contributed by atoms with E-state index in [1.807, 2.05) is 20.9 Å². The van der Waals surface area contributed by atoms with Gasteiger partial charge in [-0.1, -0.05) is 0 Å². The molecule has 0 aromatic carbocycles. The molecule has 0 spiro atoms. The number of nitrogens with one attached hydrogen (secondary N) is 2. The third-order valence-corrected chi connectivity index (χ3v) is 2.13. The van der Waals surface area contributed by atoms with Gasteiger partial charge in [-0.2, -0.15) is 0 Å². The molecule has 1 atom stereocenters. The van der Waals surface area contributed by atoms with Crippen molar-refractivity contribution in [2.45, 2.75) is 26.8 Å². The molecule has 0 radical (unpaired) electrons. The Balaban J connectivity index is 3.29. The normalized spacial score (nSPS) is 12.9. The number of H-pyrrole nitrogens is 1. The lowest BCUT2D eigenvalue weighted by atomic mass is 10.1. The van der Waals surface area contributed by atoms with E-state index in [-0.39, 0.29) is 11.6 Å². The van der Waals surface area contributed by atoms with Crippen molar-refractivity contribution in [2.75, 3.05) is 7.05 Å². The van der Waals surface area contributed by atoms with Crippen LogP contribution in [0.25, 0.3) is 0 Å². The topological polar surface area (TPSA) is 57.8 Å². The summed E-state index contributed by atoms with van der Waals surface area (Å²) < 4.78 is 0. The molecular weight excluding hydrogens is 166 g/mol. The fourth-order valence-electron chi connectivity index (χ4n) is 1.39. The minimum Gasteiger partial charge on any atom is -0.313 e. The number of aryl methyl sites for hydroxylation is 2. The quantitative estimate of drug-likeness (QED) is 0.705. The maximum absolute atomic E-state index is 11.5. The minimum absolute atomic E-state index is 0.0387. The minimum atomic E-state index is -0.0492. The Morgan fingerprint density at radius 3 is 2.54 bits per heavy atom. The zero-order valence-corrected chi connectivity index (χ0v) is 8.43. The molecule has 4 nitrogen and oxygen atoms in total. The van der Waals surface area contributed by atoms with E-state index in [0.29, 0.717) is 11.4 Å². The van der Waals surface area contributed by atoms with E-state index in [4.69, 9.17) is 0 Å². The Labute approximate surface area is 77.4 Å². The van der Waals surface area contributed by atoms with E-state index in [1.165, 1.54) is 0 Å². The zero-order valence-electron chi connectivity index (χ0n) is 8.43.